The number of benzene rings is 1. The minimum Gasteiger partial charge on any atom is -0.710 e. The van der Waals surface area contributed by atoms with Gasteiger partial charge < -0.3 is 5.21 Å². The first-order chi connectivity index (χ1) is 7.29. The molecule has 1 aromatic carbocycles. The highest BCUT2D eigenvalue weighted by Gasteiger charge is 2.24. The van der Waals surface area contributed by atoms with Crippen molar-refractivity contribution in [3.8, 4) is 0 Å². The summed E-state index contributed by atoms with van der Waals surface area (Å²) < 4.78 is 2.49. The summed E-state index contributed by atoms with van der Waals surface area (Å²) in [6.07, 6.45) is 1.58. The lowest BCUT2D eigenvalue weighted by Gasteiger charge is -2.10. The van der Waals surface area contributed by atoms with Gasteiger partial charge in [-0.3, -0.25) is 0 Å². The van der Waals surface area contributed by atoms with Crippen LogP contribution in [0.4, 0.5) is 0 Å². The Hall–Kier alpha value is -1.84. The predicted molar refractivity (Wildman–Crippen MR) is 55.5 cm³/mol. The van der Waals surface area contributed by atoms with Gasteiger partial charge in [-0.15, -0.1) is 0 Å². The largest absolute Gasteiger partial charge is 0.710 e. The summed E-state index contributed by atoms with van der Waals surface area (Å²) in [6.45, 7) is 0.668. The van der Waals surface area contributed by atoms with Crippen LogP contribution in [0, 0.1) is 5.21 Å². The van der Waals surface area contributed by atoms with Crippen LogP contribution >= 0.6 is 0 Å². The maximum Gasteiger partial charge on any atom is 0.345 e. The number of nitrogens with zero attached hydrogens (tertiary/aromatic N) is 2. The Bertz CT molecular complexity index is 601. The molecule has 0 aliphatic carbocycles. The average Bonchev–Trinajstić information content (AvgIpc) is 2.75. The Morgan fingerprint density at radius 2 is 2.13 bits per heavy atom. The molecule has 3 rings (SSSR count). The summed E-state index contributed by atoms with van der Waals surface area (Å²) in [6, 6.07) is 6.97. The van der Waals surface area contributed by atoms with Gasteiger partial charge in [-0.05, 0) is 18.6 Å². The zero-order valence-electron chi connectivity index (χ0n) is 8.14. The van der Waals surface area contributed by atoms with Crippen LogP contribution in [0.1, 0.15) is 12.2 Å². The van der Waals surface area contributed by atoms with Crippen molar-refractivity contribution in [2.24, 2.45) is 0 Å². The van der Waals surface area contributed by atoms with Crippen molar-refractivity contribution in [2.45, 2.75) is 19.4 Å². The van der Waals surface area contributed by atoms with E-state index < -0.39 is 0 Å². The normalized spacial score (nSPS) is 14.4. The molecule has 1 aliphatic rings. The highest BCUT2D eigenvalue weighted by atomic mass is 16.5. The van der Waals surface area contributed by atoms with E-state index in [-0.39, 0.29) is 5.56 Å². The lowest BCUT2D eigenvalue weighted by Crippen LogP contribution is -2.40. The number of aromatic nitrogens is 2. The molecule has 0 spiro atoms. The third-order valence-electron chi connectivity index (χ3n) is 2.93. The number of para-hydroxylation sites is 1. The molecule has 0 N–H and O–H groups in total. The van der Waals surface area contributed by atoms with Crippen molar-refractivity contribution in [1.82, 2.24) is 4.57 Å². The van der Waals surface area contributed by atoms with Crippen LogP contribution in [0.5, 0.6) is 0 Å². The molecule has 2 heterocycles. The van der Waals surface area contributed by atoms with Gasteiger partial charge >= 0.3 is 5.56 Å². The van der Waals surface area contributed by atoms with Crippen molar-refractivity contribution < 1.29 is 4.73 Å². The summed E-state index contributed by atoms with van der Waals surface area (Å²) in [5.74, 6) is 0.596. The van der Waals surface area contributed by atoms with Gasteiger partial charge in [-0.25, -0.2) is 9.52 Å². The Morgan fingerprint density at radius 3 is 3.00 bits per heavy atom. The van der Waals surface area contributed by atoms with E-state index in [1.807, 2.05) is 0 Å². The van der Waals surface area contributed by atoms with Crippen molar-refractivity contribution >= 4 is 10.9 Å². The first-order valence-electron chi connectivity index (χ1n) is 5.03. The Labute approximate surface area is 86.0 Å². The fourth-order valence-electron chi connectivity index (χ4n) is 2.21. The summed E-state index contributed by atoms with van der Waals surface area (Å²) in [5.41, 5.74) is 0.445. The number of hydrogen-bond acceptors (Lipinski definition) is 2. The topological polar surface area (TPSA) is 48.9 Å². The van der Waals surface area contributed by atoms with Gasteiger partial charge in [0.1, 0.15) is 10.9 Å². The van der Waals surface area contributed by atoms with E-state index >= 15 is 0 Å². The molecule has 15 heavy (non-hydrogen) atoms. The molecule has 2 aromatic rings. The van der Waals surface area contributed by atoms with E-state index in [2.05, 4.69) is 0 Å². The van der Waals surface area contributed by atoms with E-state index in [0.717, 1.165) is 11.2 Å². The summed E-state index contributed by atoms with van der Waals surface area (Å²) in [4.78, 5) is 12.0. The van der Waals surface area contributed by atoms with Crippen LogP contribution in [0.2, 0.25) is 0 Å². The fourth-order valence-corrected chi connectivity index (χ4v) is 2.21. The van der Waals surface area contributed by atoms with Crippen LogP contribution in [0.25, 0.3) is 10.9 Å². The van der Waals surface area contributed by atoms with E-state index in [1.54, 1.807) is 28.8 Å². The first-order valence-corrected chi connectivity index (χ1v) is 5.03. The van der Waals surface area contributed by atoms with Crippen LogP contribution in [0.3, 0.4) is 0 Å². The monoisotopic (exact) mass is 202 g/mol. The van der Waals surface area contributed by atoms with Crippen LogP contribution < -0.4 is 10.3 Å². The minimum atomic E-state index is -0.0369. The van der Waals surface area contributed by atoms with Crippen molar-refractivity contribution in [3.63, 3.8) is 0 Å². The summed E-state index contributed by atoms with van der Waals surface area (Å²) >= 11 is 0. The maximum absolute atomic E-state index is 12.0. The molecule has 0 bridgehead atoms. The zero-order valence-corrected chi connectivity index (χ0v) is 8.14. The van der Waals surface area contributed by atoms with Crippen LogP contribution in [0.15, 0.2) is 29.1 Å². The lowest BCUT2D eigenvalue weighted by molar-refractivity contribution is -0.590. The second-order valence-corrected chi connectivity index (χ2v) is 3.79. The predicted octanol–water partition coefficient (Wildman–Crippen LogP) is 0.581. The van der Waals surface area contributed by atoms with Gasteiger partial charge in [0.2, 0.25) is 0 Å². The maximum atomic E-state index is 12.0. The molecule has 0 radical (unpaired) electrons. The van der Waals surface area contributed by atoms with Crippen molar-refractivity contribution in [3.05, 3.63) is 45.7 Å². The fraction of sp³-hybridized carbons (Fsp3) is 0.273. The smallest absolute Gasteiger partial charge is 0.345 e. The average molecular weight is 202 g/mol. The Morgan fingerprint density at radius 1 is 1.33 bits per heavy atom. The third-order valence-corrected chi connectivity index (χ3v) is 2.93. The molecule has 0 saturated heterocycles. The summed E-state index contributed by atoms with van der Waals surface area (Å²) in [5, 5.41) is 12.4. The molecule has 4 nitrogen and oxygen atoms in total. The van der Waals surface area contributed by atoms with E-state index in [0.29, 0.717) is 29.7 Å². The quantitative estimate of drug-likeness (QED) is 0.463. The molecular formula is C11H10N2O2. The highest BCUT2D eigenvalue weighted by molar-refractivity contribution is 5.74. The molecule has 0 atom stereocenters. The van der Waals surface area contributed by atoms with E-state index in [4.69, 9.17) is 0 Å². The van der Waals surface area contributed by atoms with Gasteiger partial charge in [0.15, 0.2) is 0 Å². The Balaban J connectivity index is 2.57. The van der Waals surface area contributed by atoms with E-state index in [1.165, 1.54) is 0 Å². The van der Waals surface area contributed by atoms with Crippen molar-refractivity contribution in [1.29, 1.82) is 0 Å². The molecule has 1 aliphatic heterocycles. The molecule has 0 unspecified atom stereocenters. The number of fused-ring (bicyclic) bond motifs is 2. The number of rotatable bonds is 0. The lowest BCUT2D eigenvalue weighted by atomic mass is 10.2. The highest BCUT2D eigenvalue weighted by Crippen LogP contribution is 2.12. The zero-order chi connectivity index (χ0) is 10.4. The van der Waals surface area contributed by atoms with Gasteiger partial charge in [0.25, 0.3) is 5.82 Å². The van der Waals surface area contributed by atoms with Gasteiger partial charge in [0, 0.05) is 0 Å². The van der Waals surface area contributed by atoms with Gasteiger partial charge in [0.05, 0.1) is 13.0 Å². The SMILES string of the molecule is O=c1c2ccccc2[n+]([O-])c2n1CCC2. The molecule has 0 saturated carbocycles. The minimum absolute atomic E-state index is 0.0369. The molecule has 1 aromatic heterocycles. The van der Waals surface area contributed by atoms with Crippen LogP contribution in [-0.4, -0.2) is 4.57 Å². The standard InChI is InChI=1S/C11H10N2O2/c14-11-8-4-1-2-5-9(8)13(15)10-6-3-7-12(10)11/h1-2,4-5H,3,6-7H2. The molecule has 0 fully saturated rings. The third kappa shape index (κ3) is 1.02. The van der Waals surface area contributed by atoms with Crippen molar-refractivity contribution in [2.75, 3.05) is 0 Å². The van der Waals surface area contributed by atoms with Crippen LogP contribution in [-0.2, 0) is 13.0 Å². The van der Waals surface area contributed by atoms with E-state index in [9.17, 15) is 10.0 Å². The van der Waals surface area contributed by atoms with Gasteiger partial charge in [-0.2, -0.15) is 4.57 Å². The number of hydrogen-bond donors (Lipinski definition) is 0. The first kappa shape index (κ1) is 8.47. The second kappa shape index (κ2) is 2.82. The second-order valence-electron chi connectivity index (χ2n) is 3.79. The molecule has 4 heteroatoms. The molecular weight excluding hydrogens is 192 g/mol. The van der Waals surface area contributed by atoms with Gasteiger partial charge in [-0.1, -0.05) is 12.1 Å². The Kier molecular flexibility index (Phi) is 1.59. The summed E-state index contributed by atoms with van der Waals surface area (Å²) in [7, 11) is 0. The molecule has 76 valence electrons. The molecule has 0 amide bonds.